The Morgan fingerprint density at radius 3 is 2.58 bits per heavy atom. The number of rotatable bonds is 6. The van der Waals surface area contributed by atoms with E-state index >= 15 is 4.39 Å². The van der Waals surface area contributed by atoms with E-state index in [4.69, 9.17) is 4.74 Å². The molecule has 2 aliphatic rings. The maximum atomic E-state index is 15.9. The molecule has 2 aliphatic heterocycles. The number of ether oxygens (including phenoxy) is 1. The molecule has 1 saturated heterocycles. The van der Waals surface area contributed by atoms with E-state index in [1.807, 2.05) is 24.5 Å². The quantitative estimate of drug-likeness (QED) is 0.585. The van der Waals surface area contributed by atoms with Gasteiger partial charge in [0.2, 0.25) is 5.91 Å². The average molecular weight is 503 g/mol. The number of piperidine rings is 1. The van der Waals surface area contributed by atoms with Crippen LogP contribution in [0.5, 0.6) is 0 Å². The largest absolute Gasteiger partial charge is 0.444 e. The lowest BCUT2D eigenvalue weighted by Gasteiger charge is -2.39. The maximum absolute atomic E-state index is 15.9. The zero-order chi connectivity index (χ0) is 26.3. The molecule has 2 unspecified atom stereocenters. The van der Waals surface area contributed by atoms with Crippen LogP contribution in [0, 0.1) is 11.7 Å². The average Bonchev–Trinajstić information content (AvgIpc) is 3.37. The summed E-state index contributed by atoms with van der Waals surface area (Å²) in [4.78, 5) is 31.3. The Balaban J connectivity index is 1.37. The van der Waals surface area contributed by atoms with Crippen molar-refractivity contribution in [3.63, 3.8) is 0 Å². The van der Waals surface area contributed by atoms with Gasteiger partial charge >= 0.3 is 6.09 Å². The van der Waals surface area contributed by atoms with E-state index in [2.05, 4.69) is 10.3 Å². The normalized spacial score (nSPS) is 19.6. The van der Waals surface area contributed by atoms with Gasteiger partial charge in [-0.1, -0.05) is 26.0 Å². The molecule has 0 radical (unpaired) electrons. The first-order chi connectivity index (χ1) is 16.9. The monoisotopic (exact) mass is 502 g/mol. The molecule has 1 aromatic carbocycles. The van der Waals surface area contributed by atoms with Gasteiger partial charge in [-0.25, -0.2) is 18.6 Å². The molecule has 7 nitrogen and oxygen atoms in total. The smallest absolute Gasteiger partial charge is 0.408 e. The van der Waals surface area contributed by atoms with Gasteiger partial charge in [0.05, 0.1) is 24.3 Å². The third-order valence-corrected chi connectivity index (χ3v) is 7.11. The molecule has 0 aliphatic carbocycles. The van der Waals surface area contributed by atoms with Gasteiger partial charge in [0.15, 0.2) is 0 Å². The molecule has 0 spiro atoms. The fourth-order valence-corrected chi connectivity index (χ4v) is 5.20. The molecule has 9 heteroatoms. The number of halogens is 2. The van der Waals surface area contributed by atoms with Crippen molar-refractivity contribution in [1.82, 2.24) is 19.8 Å². The number of likely N-dealkylation sites (tertiary alicyclic amines) is 1. The zero-order valence-electron chi connectivity index (χ0n) is 21.7. The number of alkyl halides is 1. The van der Waals surface area contributed by atoms with Gasteiger partial charge in [0.1, 0.15) is 23.1 Å². The molecule has 1 fully saturated rings. The number of amides is 2. The highest BCUT2D eigenvalue weighted by Crippen LogP contribution is 2.44. The highest BCUT2D eigenvalue weighted by Gasteiger charge is 2.40. The molecule has 0 bridgehead atoms. The van der Waals surface area contributed by atoms with Crippen LogP contribution in [-0.4, -0.2) is 56.9 Å². The molecule has 2 amide bonds. The summed E-state index contributed by atoms with van der Waals surface area (Å²) in [5, 5.41) is 2.68. The Hall–Kier alpha value is -2.97. The van der Waals surface area contributed by atoms with Crippen molar-refractivity contribution < 1.29 is 23.1 Å². The SMILES string of the molecule is CC(C)C(NC(=O)OC(C)(C)C)C(=O)N1CCC(F)(CCC2c3c(F)cccc3-c3cncn32)CC1. The summed E-state index contributed by atoms with van der Waals surface area (Å²) in [7, 11) is 0. The van der Waals surface area contributed by atoms with Crippen LogP contribution in [0.2, 0.25) is 0 Å². The number of hydrogen-bond donors (Lipinski definition) is 1. The van der Waals surface area contributed by atoms with Crippen LogP contribution in [0.15, 0.2) is 30.7 Å². The molecule has 1 aromatic heterocycles. The second-order valence-electron chi connectivity index (χ2n) is 11.3. The molecular weight excluding hydrogens is 466 g/mol. The lowest BCUT2D eigenvalue weighted by atomic mass is 9.85. The summed E-state index contributed by atoms with van der Waals surface area (Å²) < 4.78 is 37.8. The molecule has 2 atom stereocenters. The van der Waals surface area contributed by atoms with Gasteiger partial charge in [-0.2, -0.15) is 0 Å². The van der Waals surface area contributed by atoms with E-state index in [-0.39, 0.29) is 56.0 Å². The van der Waals surface area contributed by atoms with Gasteiger partial charge in [0, 0.05) is 24.2 Å². The molecule has 36 heavy (non-hydrogen) atoms. The van der Waals surface area contributed by atoms with Crippen LogP contribution in [0.25, 0.3) is 11.3 Å². The van der Waals surface area contributed by atoms with Crippen LogP contribution in [-0.2, 0) is 9.53 Å². The predicted molar refractivity (Wildman–Crippen MR) is 133 cm³/mol. The number of hydrogen-bond acceptors (Lipinski definition) is 4. The van der Waals surface area contributed by atoms with Crippen LogP contribution < -0.4 is 5.32 Å². The predicted octanol–water partition coefficient (Wildman–Crippen LogP) is 5.25. The summed E-state index contributed by atoms with van der Waals surface area (Å²) in [6, 6.07) is 3.95. The first kappa shape index (κ1) is 26.1. The highest BCUT2D eigenvalue weighted by atomic mass is 19.1. The maximum Gasteiger partial charge on any atom is 0.408 e. The molecule has 3 heterocycles. The molecule has 0 saturated carbocycles. The minimum atomic E-state index is -1.45. The van der Waals surface area contributed by atoms with Crippen molar-refractivity contribution in [2.75, 3.05) is 13.1 Å². The zero-order valence-corrected chi connectivity index (χ0v) is 21.7. The molecule has 1 N–H and O–H groups in total. The number of nitrogens with zero attached hydrogens (tertiary/aromatic N) is 3. The Morgan fingerprint density at radius 1 is 1.25 bits per heavy atom. The van der Waals surface area contributed by atoms with Gasteiger partial charge < -0.3 is 19.5 Å². The summed E-state index contributed by atoms with van der Waals surface area (Å²) in [6.07, 6.45) is 3.84. The second-order valence-corrected chi connectivity index (χ2v) is 11.3. The van der Waals surface area contributed by atoms with E-state index < -0.39 is 23.4 Å². The third kappa shape index (κ3) is 5.39. The molecule has 196 valence electrons. The Labute approximate surface area is 211 Å². The van der Waals surface area contributed by atoms with E-state index in [9.17, 15) is 14.0 Å². The summed E-state index contributed by atoms with van der Waals surface area (Å²) in [5.74, 6) is -0.664. The van der Waals surface area contributed by atoms with Crippen LogP contribution in [0.4, 0.5) is 13.6 Å². The van der Waals surface area contributed by atoms with Gasteiger partial charge in [-0.15, -0.1) is 0 Å². The topological polar surface area (TPSA) is 76.5 Å². The Kier molecular flexibility index (Phi) is 7.12. The van der Waals surface area contributed by atoms with Crippen molar-refractivity contribution in [3.05, 3.63) is 42.1 Å². The molecule has 4 rings (SSSR count). The standard InChI is InChI=1S/C27H36F2N4O3/c1-17(2)23(31-25(35)36-26(3,4)5)24(34)32-13-11-27(29,12-14-32)10-9-20-22-18(7-6-8-19(22)28)21-15-30-16-33(20)21/h6-8,15-17,20,23H,9-14H2,1-5H3,(H,31,35). The van der Waals surface area contributed by atoms with Crippen molar-refractivity contribution in [3.8, 4) is 11.3 Å². The Bertz CT molecular complexity index is 1120. The fourth-order valence-electron chi connectivity index (χ4n) is 5.20. The first-order valence-electron chi connectivity index (χ1n) is 12.7. The first-order valence-corrected chi connectivity index (χ1v) is 12.7. The second kappa shape index (κ2) is 9.82. The van der Waals surface area contributed by atoms with Crippen molar-refractivity contribution in [2.24, 2.45) is 5.92 Å². The molecular formula is C27H36F2N4O3. The number of imidazole rings is 1. The van der Waals surface area contributed by atoms with Crippen LogP contribution in [0.3, 0.4) is 0 Å². The Morgan fingerprint density at radius 2 is 1.94 bits per heavy atom. The third-order valence-electron chi connectivity index (χ3n) is 7.11. The summed E-state index contributed by atoms with van der Waals surface area (Å²) in [5.41, 5.74) is 0.132. The summed E-state index contributed by atoms with van der Waals surface area (Å²) >= 11 is 0. The van der Waals surface area contributed by atoms with E-state index in [1.54, 1.807) is 44.3 Å². The van der Waals surface area contributed by atoms with Crippen molar-refractivity contribution >= 4 is 12.0 Å². The van der Waals surface area contributed by atoms with Crippen molar-refractivity contribution in [1.29, 1.82) is 0 Å². The van der Waals surface area contributed by atoms with Gasteiger partial charge in [0.25, 0.3) is 0 Å². The van der Waals surface area contributed by atoms with Gasteiger partial charge in [-0.05, 0) is 58.4 Å². The number of nitrogens with one attached hydrogen (secondary N) is 1. The number of alkyl carbamates (subject to hydrolysis) is 1. The fraction of sp³-hybridized carbons (Fsp3) is 0.593. The number of aromatic nitrogens is 2. The van der Waals surface area contributed by atoms with E-state index in [0.717, 1.165) is 11.3 Å². The van der Waals surface area contributed by atoms with E-state index in [0.29, 0.717) is 12.0 Å². The van der Waals surface area contributed by atoms with Gasteiger partial charge in [-0.3, -0.25) is 4.79 Å². The lowest BCUT2D eigenvalue weighted by Crippen LogP contribution is -2.55. The highest BCUT2D eigenvalue weighted by molar-refractivity contribution is 5.86. The number of carbonyl (C=O) groups is 2. The minimum Gasteiger partial charge on any atom is -0.444 e. The molecule has 2 aromatic rings. The summed E-state index contributed by atoms with van der Waals surface area (Å²) in [6.45, 7) is 9.52. The van der Waals surface area contributed by atoms with E-state index in [1.165, 1.54) is 6.07 Å². The lowest BCUT2D eigenvalue weighted by molar-refractivity contribution is -0.137. The van der Waals surface area contributed by atoms with Crippen LogP contribution >= 0.6 is 0 Å². The minimum absolute atomic E-state index is 0.149. The number of fused-ring (bicyclic) bond motifs is 3. The number of carbonyl (C=O) groups excluding carboxylic acids is 2. The van der Waals surface area contributed by atoms with Crippen molar-refractivity contribution in [2.45, 2.75) is 83.7 Å². The van der Waals surface area contributed by atoms with Crippen LogP contribution in [0.1, 0.15) is 71.9 Å². The number of benzene rings is 1.